The van der Waals surface area contributed by atoms with E-state index in [1.165, 1.54) is 6.26 Å². The van der Waals surface area contributed by atoms with Crippen molar-refractivity contribution in [3.8, 4) is 5.75 Å². The van der Waals surface area contributed by atoms with Gasteiger partial charge in [0.05, 0.1) is 5.69 Å². The number of anilines is 1. The normalized spacial score (nSPS) is 13.7. The Balaban J connectivity index is 1.70. The predicted molar refractivity (Wildman–Crippen MR) is 115 cm³/mol. The van der Waals surface area contributed by atoms with Crippen LogP contribution in [0.3, 0.4) is 0 Å². The van der Waals surface area contributed by atoms with Crippen molar-refractivity contribution in [1.29, 1.82) is 0 Å². The molecular weight excluding hydrogens is 382 g/mol. The number of fused-ring (bicyclic) bond motifs is 1. The Bertz CT molecular complexity index is 898. The van der Waals surface area contributed by atoms with Crippen molar-refractivity contribution in [2.45, 2.75) is 65.3 Å². The van der Waals surface area contributed by atoms with Gasteiger partial charge in [-0.05, 0) is 29.5 Å². The highest BCUT2D eigenvalue weighted by molar-refractivity contribution is 5.98. The molecule has 2 aromatic rings. The molecule has 1 aromatic heterocycles. The molecule has 0 unspecified atom stereocenters. The lowest BCUT2D eigenvalue weighted by Gasteiger charge is -2.30. The van der Waals surface area contributed by atoms with Gasteiger partial charge in [0.15, 0.2) is 12.3 Å². The summed E-state index contributed by atoms with van der Waals surface area (Å²) in [5, 5.41) is 2.86. The summed E-state index contributed by atoms with van der Waals surface area (Å²) in [6.45, 7) is 9.23. The molecule has 0 radical (unpaired) electrons. The van der Waals surface area contributed by atoms with Gasteiger partial charge in [-0.3, -0.25) is 14.5 Å². The van der Waals surface area contributed by atoms with E-state index in [0.717, 1.165) is 31.2 Å². The Morgan fingerprint density at radius 2 is 2.03 bits per heavy atom. The van der Waals surface area contributed by atoms with Gasteiger partial charge in [-0.1, -0.05) is 53.0 Å². The van der Waals surface area contributed by atoms with Crippen LogP contribution < -0.4 is 15.0 Å². The van der Waals surface area contributed by atoms with E-state index >= 15 is 0 Å². The van der Waals surface area contributed by atoms with E-state index in [9.17, 15) is 9.59 Å². The summed E-state index contributed by atoms with van der Waals surface area (Å²) in [6.07, 6.45) is 5.70. The summed E-state index contributed by atoms with van der Waals surface area (Å²) < 4.78 is 11.1. The van der Waals surface area contributed by atoms with E-state index in [1.54, 1.807) is 4.90 Å². The smallest absolute Gasteiger partial charge is 0.273 e. The van der Waals surface area contributed by atoms with E-state index in [2.05, 4.69) is 38.0 Å². The number of nitrogens with zero attached hydrogens (tertiary/aromatic N) is 2. The maximum atomic E-state index is 12.5. The molecule has 7 nitrogen and oxygen atoms in total. The summed E-state index contributed by atoms with van der Waals surface area (Å²) >= 11 is 0. The van der Waals surface area contributed by atoms with Crippen LogP contribution in [0.15, 0.2) is 28.9 Å². The SMILES string of the molecule is CCCCCCNC(=O)c1coc(CN2C(=O)COc3ccc(C(C)(C)C)cc32)n1. The van der Waals surface area contributed by atoms with Crippen molar-refractivity contribution in [2.75, 3.05) is 18.1 Å². The number of rotatable bonds is 8. The summed E-state index contributed by atoms with van der Waals surface area (Å²) in [5.74, 6) is 0.534. The fourth-order valence-electron chi connectivity index (χ4n) is 3.31. The lowest BCUT2D eigenvalue weighted by Crippen LogP contribution is -2.38. The molecule has 1 aliphatic heterocycles. The minimum atomic E-state index is -0.259. The molecular formula is C23H31N3O4. The van der Waals surface area contributed by atoms with Crippen molar-refractivity contribution in [3.05, 3.63) is 41.6 Å². The largest absolute Gasteiger partial charge is 0.482 e. The molecule has 3 rings (SSSR count). The standard InChI is InChI=1S/C23H31N3O4/c1-5-6-7-8-11-24-22(28)17-14-30-20(25-17)13-26-18-12-16(23(2,3)4)9-10-19(18)29-15-21(26)27/h9-10,12,14H,5-8,11,13,15H2,1-4H3,(H,24,28). The van der Waals surface area contributed by atoms with E-state index in [0.29, 0.717) is 23.9 Å². The number of ether oxygens (including phenoxy) is 1. The Labute approximate surface area is 177 Å². The first-order chi connectivity index (χ1) is 14.3. The third-order valence-electron chi connectivity index (χ3n) is 5.16. The van der Waals surface area contributed by atoms with Gasteiger partial charge in [-0.15, -0.1) is 0 Å². The molecule has 0 saturated heterocycles. The zero-order chi connectivity index (χ0) is 21.7. The first kappa shape index (κ1) is 21.9. The van der Waals surface area contributed by atoms with Gasteiger partial charge in [0, 0.05) is 6.54 Å². The summed E-state index contributed by atoms with van der Waals surface area (Å²) in [5.41, 5.74) is 1.95. The van der Waals surface area contributed by atoms with Gasteiger partial charge in [0.1, 0.15) is 18.6 Å². The first-order valence-corrected chi connectivity index (χ1v) is 10.6. The number of amides is 2. The maximum Gasteiger partial charge on any atom is 0.273 e. The highest BCUT2D eigenvalue weighted by Gasteiger charge is 2.29. The number of carbonyl (C=O) groups is 2. The number of carbonyl (C=O) groups excluding carboxylic acids is 2. The number of aromatic nitrogens is 1. The van der Waals surface area contributed by atoms with E-state index in [4.69, 9.17) is 9.15 Å². The van der Waals surface area contributed by atoms with Crippen LogP contribution in [0.2, 0.25) is 0 Å². The molecule has 1 aromatic carbocycles. The second-order valence-corrected chi connectivity index (χ2v) is 8.64. The van der Waals surface area contributed by atoms with Crippen LogP contribution >= 0.6 is 0 Å². The Kier molecular flexibility index (Phi) is 6.80. The number of hydrogen-bond donors (Lipinski definition) is 1. The second kappa shape index (κ2) is 9.32. The summed E-state index contributed by atoms with van der Waals surface area (Å²) in [7, 11) is 0. The monoisotopic (exact) mass is 413 g/mol. The van der Waals surface area contributed by atoms with Crippen LogP contribution in [-0.4, -0.2) is 29.9 Å². The van der Waals surface area contributed by atoms with Crippen LogP contribution in [0.5, 0.6) is 5.75 Å². The van der Waals surface area contributed by atoms with Gasteiger partial charge in [-0.2, -0.15) is 0 Å². The van der Waals surface area contributed by atoms with Crippen LogP contribution in [0.25, 0.3) is 0 Å². The van der Waals surface area contributed by atoms with Crippen molar-refractivity contribution in [1.82, 2.24) is 10.3 Å². The number of unbranched alkanes of at least 4 members (excludes halogenated alkanes) is 3. The third kappa shape index (κ3) is 5.20. The number of hydrogen-bond acceptors (Lipinski definition) is 5. The maximum absolute atomic E-state index is 12.5. The number of nitrogens with one attached hydrogen (secondary N) is 1. The molecule has 0 bridgehead atoms. The fourth-order valence-corrected chi connectivity index (χ4v) is 3.31. The quantitative estimate of drug-likeness (QED) is 0.656. The molecule has 1 aliphatic rings. The molecule has 0 fully saturated rings. The van der Waals surface area contributed by atoms with Crippen LogP contribution in [-0.2, 0) is 16.8 Å². The highest BCUT2D eigenvalue weighted by atomic mass is 16.5. The fraction of sp³-hybridized carbons (Fsp3) is 0.522. The van der Waals surface area contributed by atoms with E-state index in [-0.39, 0.29) is 36.1 Å². The second-order valence-electron chi connectivity index (χ2n) is 8.64. The zero-order valence-corrected chi connectivity index (χ0v) is 18.3. The summed E-state index contributed by atoms with van der Waals surface area (Å²) in [4.78, 5) is 30.7. The van der Waals surface area contributed by atoms with Gasteiger partial charge in [0.25, 0.3) is 11.8 Å². The van der Waals surface area contributed by atoms with Crippen molar-refractivity contribution in [3.63, 3.8) is 0 Å². The van der Waals surface area contributed by atoms with E-state index < -0.39 is 0 Å². The number of benzene rings is 1. The lowest BCUT2D eigenvalue weighted by molar-refractivity contribution is -0.121. The van der Waals surface area contributed by atoms with Crippen LogP contribution in [0.1, 0.15) is 75.3 Å². The van der Waals surface area contributed by atoms with E-state index in [1.807, 2.05) is 18.2 Å². The van der Waals surface area contributed by atoms with Gasteiger partial charge in [-0.25, -0.2) is 4.98 Å². The molecule has 1 N–H and O–H groups in total. The molecule has 2 heterocycles. The van der Waals surface area contributed by atoms with Crippen molar-refractivity contribution >= 4 is 17.5 Å². The van der Waals surface area contributed by atoms with Gasteiger partial charge >= 0.3 is 0 Å². The average Bonchev–Trinajstić information content (AvgIpc) is 3.17. The Morgan fingerprint density at radius 1 is 1.23 bits per heavy atom. The minimum absolute atomic E-state index is 0.0341. The molecule has 30 heavy (non-hydrogen) atoms. The summed E-state index contributed by atoms with van der Waals surface area (Å²) in [6, 6.07) is 5.88. The Hall–Kier alpha value is -2.83. The highest BCUT2D eigenvalue weighted by Crippen LogP contribution is 2.37. The van der Waals surface area contributed by atoms with Crippen LogP contribution in [0.4, 0.5) is 5.69 Å². The third-order valence-corrected chi connectivity index (χ3v) is 5.16. The molecule has 0 aliphatic carbocycles. The molecule has 2 amide bonds. The van der Waals surface area contributed by atoms with Crippen LogP contribution in [0, 0.1) is 0 Å². The molecule has 0 saturated carbocycles. The van der Waals surface area contributed by atoms with Crippen molar-refractivity contribution < 1.29 is 18.7 Å². The zero-order valence-electron chi connectivity index (χ0n) is 18.3. The number of oxazole rings is 1. The molecule has 0 spiro atoms. The lowest BCUT2D eigenvalue weighted by atomic mass is 9.86. The predicted octanol–water partition coefficient (Wildman–Crippen LogP) is 4.21. The minimum Gasteiger partial charge on any atom is -0.482 e. The van der Waals surface area contributed by atoms with Crippen molar-refractivity contribution in [2.24, 2.45) is 0 Å². The first-order valence-electron chi connectivity index (χ1n) is 10.6. The van der Waals surface area contributed by atoms with Gasteiger partial charge in [0.2, 0.25) is 5.89 Å². The average molecular weight is 414 g/mol. The van der Waals surface area contributed by atoms with Gasteiger partial charge < -0.3 is 14.5 Å². The topological polar surface area (TPSA) is 84.7 Å². The molecule has 7 heteroatoms. The molecule has 162 valence electrons. The Morgan fingerprint density at radius 3 is 2.77 bits per heavy atom. The molecule has 0 atom stereocenters.